The molecule has 0 aliphatic rings. The Kier molecular flexibility index (Phi) is 9.64. The summed E-state index contributed by atoms with van der Waals surface area (Å²) < 4.78 is 8.66. The van der Waals surface area contributed by atoms with Crippen LogP contribution in [0.1, 0.15) is 11.1 Å². The predicted molar refractivity (Wildman–Crippen MR) is 158 cm³/mol. The lowest BCUT2D eigenvalue weighted by Gasteiger charge is -2.02. The number of nitrogens with one attached hydrogen (secondary N) is 2. The van der Waals surface area contributed by atoms with Gasteiger partial charge in [0, 0.05) is 21.9 Å². The van der Waals surface area contributed by atoms with Crippen molar-refractivity contribution in [1.82, 2.24) is 20.0 Å². The van der Waals surface area contributed by atoms with Crippen molar-refractivity contribution in [2.75, 3.05) is 0 Å². The molecule has 0 unspecified atom stereocenters. The van der Waals surface area contributed by atoms with E-state index < -0.39 is 0 Å². The molecular weight excluding hydrogens is 692 g/mol. The van der Waals surface area contributed by atoms with Crippen molar-refractivity contribution in [3.8, 4) is 22.5 Å². The number of imidazole rings is 2. The lowest BCUT2D eigenvalue weighted by molar-refractivity contribution is -0.505. The summed E-state index contributed by atoms with van der Waals surface area (Å²) in [5.74, 6) is 0. The van der Waals surface area contributed by atoms with Gasteiger partial charge in [-0.2, -0.15) is 19.0 Å². The third-order valence-corrected chi connectivity index (χ3v) is 8.31. The monoisotopic (exact) mass is 714 g/mol. The first kappa shape index (κ1) is 29.7. The molecule has 0 atom stereocenters. The number of thiazole rings is 2. The molecule has 6 aromatic rings. The van der Waals surface area contributed by atoms with Crippen molar-refractivity contribution in [2.45, 2.75) is 0 Å². The Hall–Kier alpha value is -3.23. The molecule has 2 N–H and O–H groups in total. The minimum Gasteiger partial charge on any atom is -1.00 e. The third kappa shape index (κ3) is 6.08. The molecule has 6 rings (SSSR count). The maximum atomic E-state index is 5.27. The molecule has 2 aromatic carbocycles. The third-order valence-electron chi connectivity index (χ3n) is 6.22. The smallest absolute Gasteiger partial charge is 0.345 e. The van der Waals surface area contributed by atoms with Gasteiger partial charge in [-0.15, -0.1) is 0 Å². The Morgan fingerprint density at radius 3 is 1.50 bits per heavy atom. The van der Waals surface area contributed by atoms with E-state index in [2.05, 4.69) is 113 Å². The first-order chi connectivity index (χ1) is 18.6. The van der Waals surface area contributed by atoms with E-state index in [9.17, 15) is 0 Å². The molecule has 204 valence electrons. The number of aryl methyl sites for hydroxylation is 2. The van der Waals surface area contributed by atoms with E-state index in [1.807, 2.05) is 24.3 Å². The summed E-state index contributed by atoms with van der Waals surface area (Å²) >= 11 is 8.71. The van der Waals surface area contributed by atoms with Crippen molar-refractivity contribution >= 4 is 62.4 Å². The van der Waals surface area contributed by atoms with Gasteiger partial charge in [0.1, 0.15) is 24.8 Å². The predicted octanol–water partition coefficient (Wildman–Crippen LogP) is -1.86. The fourth-order valence-corrected chi connectivity index (χ4v) is 6.00. The number of thiocarbonyl (C=S) groups is 1. The first-order valence-corrected chi connectivity index (χ1v) is 13.9. The molecule has 0 saturated carbocycles. The van der Waals surface area contributed by atoms with Gasteiger partial charge in [-0.3, -0.25) is 10.9 Å². The fourth-order valence-electron chi connectivity index (χ4n) is 4.28. The summed E-state index contributed by atoms with van der Waals surface area (Å²) in [5, 5.41) is 12.9. The molecule has 0 aliphatic heterocycles. The molecule has 0 amide bonds. The molecule has 0 spiro atoms. The van der Waals surface area contributed by atoms with E-state index in [0.29, 0.717) is 5.11 Å². The summed E-state index contributed by atoms with van der Waals surface area (Å²) in [6, 6.07) is 16.5. The van der Waals surface area contributed by atoms with E-state index in [0.717, 1.165) is 33.6 Å². The summed E-state index contributed by atoms with van der Waals surface area (Å²) in [7, 11) is 4.16. The Bertz CT molecular complexity index is 1680. The molecule has 40 heavy (non-hydrogen) atoms. The average Bonchev–Trinajstić information content (AvgIpc) is 3.70. The largest absolute Gasteiger partial charge is 1.00 e. The number of hydrogen-bond donors (Lipinski definition) is 2. The average molecular weight is 717 g/mol. The molecule has 8 nitrogen and oxygen atoms in total. The lowest BCUT2D eigenvalue weighted by Crippen LogP contribution is -3.00. The summed E-state index contributed by atoms with van der Waals surface area (Å²) in [6.45, 7) is 0. The minimum atomic E-state index is 0. The molecule has 0 fully saturated rings. The number of benzene rings is 2. The molecule has 0 saturated heterocycles. The minimum absolute atomic E-state index is 0. The zero-order valence-electron chi connectivity index (χ0n) is 21.4. The Labute approximate surface area is 265 Å². The van der Waals surface area contributed by atoms with Crippen LogP contribution in [0.5, 0.6) is 0 Å². The molecule has 13 heteroatoms. The van der Waals surface area contributed by atoms with Crippen molar-refractivity contribution in [3.05, 3.63) is 95.2 Å². The SMILES string of the molecule is Cn1c(-c2ccc(/C=N/NC(=S)N/N=C/c3ccc(-c4c[n+]5ccsc5n4C)cc3)cc2)c[n+]2ccsc12.[Br-].[Br-]. The van der Waals surface area contributed by atoms with Gasteiger partial charge in [0.25, 0.3) is 0 Å². The maximum Gasteiger partial charge on any atom is 0.345 e. The topological polar surface area (TPSA) is 66.8 Å². The summed E-state index contributed by atoms with van der Waals surface area (Å²) in [4.78, 5) is 2.39. The molecule has 0 aliphatic carbocycles. The van der Waals surface area contributed by atoms with Crippen LogP contribution in [0.25, 0.3) is 32.4 Å². The zero-order valence-corrected chi connectivity index (χ0v) is 27.0. The van der Waals surface area contributed by atoms with Crippen LogP contribution in [-0.4, -0.2) is 26.7 Å². The van der Waals surface area contributed by atoms with Crippen LogP contribution in [0.15, 0.2) is 94.3 Å². The second-order valence-corrected chi connectivity index (χ2v) is 10.8. The highest BCUT2D eigenvalue weighted by atomic mass is 79.9. The normalized spacial score (nSPS) is 11.2. The second kappa shape index (κ2) is 13.0. The first-order valence-electron chi connectivity index (χ1n) is 11.8. The summed E-state index contributed by atoms with van der Waals surface area (Å²) in [5.41, 5.74) is 12.2. The highest BCUT2D eigenvalue weighted by molar-refractivity contribution is 7.80. The van der Waals surface area contributed by atoms with E-state index in [1.165, 1.54) is 9.92 Å². The highest BCUT2D eigenvalue weighted by Gasteiger charge is 2.17. The highest BCUT2D eigenvalue weighted by Crippen LogP contribution is 2.22. The molecule has 4 aromatic heterocycles. The Morgan fingerprint density at radius 2 is 1.12 bits per heavy atom. The Balaban J connectivity index is 0.00000185. The Morgan fingerprint density at radius 1 is 0.725 bits per heavy atom. The number of halogens is 2. The van der Waals surface area contributed by atoms with Crippen LogP contribution < -0.4 is 53.6 Å². The van der Waals surface area contributed by atoms with Crippen LogP contribution in [0.2, 0.25) is 0 Å². The van der Waals surface area contributed by atoms with Gasteiger partial charge >= 0.3 is 9.92 Å². The number of hydrazone groups is 2. The second-order valence-electron chi connectivity index (χ2n) is 8.65. The van der Waals surface area contributed by atoms with Gasteiger partial charge < -0.3 is 34.0 Å². The molecule has 0 radical (unpaired) electrons. The van der Waals surface area contributed by atoms with E-state index in [1.54, 1.807) is 35.1 Å². The van der Waals surface area contributed by atoms with E-state index in [-0.39, 0.29) is 34.0 Å². The zero-order chi connectivity index (χ0) is 26.1. The number of aromatic nitrogens is 4. The number of hydrogen-bond acceptors (Lipinski definition) is 5. The van der Waals surface area contributed by atoms with Crippen LogP contribution in [-0.2, 0) is 14.1 Å². The number of fused-ring (bicyclic) bond motifs is 2. The van der Waals surface area contributed by atoms with Crippen molar-refractivity contribution in [2.24, 2.45) is 24.3 Å². The van der Waals surface area contributed by atoms with Gasteiger partial charge in [0.05, 0.1) is 26.5 Å². The van der Waals surface area contributed by atoms with Crippen LogP contribution in [0.3, 0.4) is 0 Å². The fraction of sp³-hybridized carbons (Fsp3) is 0.0741. The number of nitrogens with zero attached hydrogens (tertiary/aromatic N) is 6. The van der Waals surface area contributed by atoms with Gasteiger partial charge in [0.15, 0.2) is 11.4 Å². The van der Waals surface area contributed by atoms with Gasteiger partial charge in [-0.25, -0.2) is 9.13 Å². The molecule has 0 bridgehead atoms. The quantitative estimate of drug-likeness (QED) is 0.0921. The van der Waals surface area contributed by atoms with Crippen LogP contribution in [0, 0.1) is 0 Å². The molecular formula is C27H24Br2N8S3. The lowest BCUT2D eigenvalue weighted by atomic mass is 10.1. The van der Waals surface area contributed by atoms with Crippen molar-refractivity contribution in [1.29, 1.82) is 0 Å². The van der Waals surface area contributed by atoms with Crippen LogP contribution >= 0.6 is 34.9 Å². The standard InChI is InChI=1S/C27H23N8S3.2BrH/c1-32-23(17-34-11-13-37-26(32)34)21-7-3-19(4-8-21)15-28-30-25(36)31-29-16-20-5-9-22(10-6-20)24-18-35-12-14-38-27(35)33(24)2;;/h3-18H,1-2H3,(H-,30,31,36);2*1H/q+1;;/p-1/b28-15+,29-16+;;. The number of rotatable bonds is 6. The van der Waals surface area contributed by atoms with Gasteiger partial charge in [0.2, 0.25) is 5.11 Å². The van der Waals surface area contributed by atoms with Crippen molar-refractivity contribution < 1.29 is 42.8 Å². The van der Waals surface area contributed by atoms with Gasteiger partial charge in [-0.05, 0) is 47.6 Å². The van der Waals surface area contributed by atoms with E-state index in [4.69, 9.17) is 12.2 Å². The molecule has 4 heterocycles. The van der Waals surface area contributed by atoms with Crippen LogP contribution in [0.4, 0.5) is 0 Å². The van der Waals surface area contributed by atoms with E-state index >= 15 is 0 Å². The summed E-state index contributed by atoms with van der Waals surface area (Å²) in [6.07, 6.45) is 11.9. The van der Waals surface area contributed by atoms with Crippen molar-refractivity contribution in [3.63, 3.8) is 0 Å². The van der Waals surface area contributed by atoms with Gasteiger partial charge in [-0.1, -0.05) is 46.9 Å². The maximum absolute atomic E-state index is 5.27.